The minimum absolute atomic E-state index is 0.0377. The summed E-state index contributed by atoms with van der Waals surface area (Å²) in [7, 11) is 1.55. The molecule has 1 atom stereocenters. The number of benzene rings is 2. The molecule has 1 aliphatic rings. The van der Waals surface area contributed by atoms with Gasteiger partial charge >= 0.3 is 0 Å². The molecule has 0 aliphatic carbocycles. The number of hydrogen-bond acceptors (Lipinski definition) is 4. The molecule has 0 saturated carbocycles. The molecule has 2 aromatic carbocycles. The van der Waals surface area contributed by atoms with Gasteiger partial charge in [-0.25, -0.2) is 0 Å². The van der Waals surface area contributed by atoms with Gasteiger partial charge in [-0.05, 0) is 0 Å². The van der Waals surface area contributed by atoms with Gasteiger partial charge in [-0.3, -0.25) is 15.1 Å². The van der Waals surface area contributed by atoms with Crippen LogP contribution in [0.15, 0.2) is 53.5 Å². The normalized spacial score (nSPS) is 20.7. The lowest BCUT2D eigenvalue weighted by Crippen LogP contribution is -2.40. The first-order valence-electron chi connectivity index (χ1n) is 6.95. The van der Waals surface area contributed by atoms with Crippen LogP contribution in [0.5, 0.6) is 0 Å². The van der Waals surface area contributed by atoms with Crippen LogP contribution in [-0.2, 0) is 0 Å². The Kier molecular flexibility index (Phi) is 3.48. The number of fused-ring (bicyclic) bond motifs is 1. The maximum atomic E-state index is 12.7. The van der Waals surface area contributed by atoms with E-state index in [0.717, 1.165) is 5.56 Å². The smallest absolute Gasteiger partial charge is 0.270 e. The van der Waals surface area contributed by atoms with Gasteiger partial charge in [0.1, 0.15) is 12.2 Å². The van der Waals surface area contributed by atoms with Crippen molar-refractivity contribution in [1.29, 1.82) is 0 Å². The Morgan fingerprint density at radius 3 is 2.59 bits per heavy atom. The van der Waals surface area contributed by atoms with Gasteiger partial charge in [0.05, 0.1) is 29.8 Å². The van der Waals surface area contributed by atoms with E-state index >= 15 is 0 Å². The third kappa shape index (κ3) is 2.49. The Labute approximate surface area is 127 Å². The first-order chi connectivity index (χ1) is 10.5. The number of nitrogens with zero attached hydrogens (tertiary/aromatic N) is 3. The van der Waals surface area contributed by atoms with Crippen LogP contribution in [0.1, 0.15) is 11.1 Å². The molecule has 112 valence electrons. The lowest BCUT2D eigenvalue weighted by atomic mass is 9.99. The number of aliphatic imine (C=N–C) groups is 1. The van der Waals surface area contributed by atoms with Crippen LogP contribution >= 0.6 is 0 Å². The molecule has 6 heteroatoms. The third-order valence-corrected chi connectivity index (χ3v) is 3.80. The predicted molar refractivity (Wildman–Crippen MR) is 86.0 cm³/mol. The first kappa shape index (κ1) is 14.4. The van der Waals surface area contributed by atoms with Crippen molar-refractivity contribution in [3.63, 3.8) is 0 Å². The summed E-state index contributed by atoms with van der Waals surface area (Å²) in [6.07, 6.45) is 0. The number of quaternary nitrogens is 1. The number of hydroxylamine groups is 2. The van der Waals surface area contributed by atoms with Gasteiger partial charge in [0, 0.05) is 23.8 Å². The zero-order chi connectivity index (χ0) is 15.7. The number of benzodiazepines with no additional fused rings is 1. The van der Waals surface area contributed by atoms with E-state index in [2.05, 4.69) is 4.99 Å². The van der Waals surface area contributed by atoms with E-state index in [1.807, 2.05) is 30.3 Å². The molecule has 0 N–H and O–H groups in total. The maximum absolute atomic E-state index is 12.7. The standard InChI is InChI=1S/C16H15N3O3/c1-19(22)10-9-17-16(12-5-3-2-4-6-12)14-11-13(18(20)21)7-8-15(14)19/h2-8,11H,9-10H2,1H3. The highest BCUT2D eigenvalue weighted by atomic mass is 16.6. The molecule has 1 aliphatic heterocycles. The van der Waals surface area contributed by atoms with Gasteiger partial charge in [-0.1, -0.05) is 30.3 Å². The lowest BCUT2D eigenvalue weighted by molar-refractivity contribution is -0.384. The van der Waals surface area contributed by atoms with Crippen LogP contribution in [0.25, 0.3) is 0 Å². The molecule has 0 aromatic heterocycles. The molecule has 0 bridgehead atoms. The summed E-state index contributed by atoms with van der Waals surface area (Å²) >= 11 is 0. The second kappa shape index (κ2) is 5.32. The fourth-order valence-corrected chi connectivity index (χ4v) is 2.64. The van der Waals surface area contributed by atoms with Crippen molar-refractivity contribution >= 4 is 17.1 Å². The van der Waals surface area contributed by atoms with Crippen molar-refractivity contribution in [2.45, 2.75) is 0 Å². The maximum Gasteiger partial charge on any atom is 0.270 e. The zero-order valence-electron chi connectivity index (χ0n) is 12.1. The van der Waals surface area contributed by atoms with Crippen LogP contribution in [0, 0.1) is 15.3 Å². The number of hydrogen-bond donors (Lipinski definition) is 0. The Morgan fingerprint density at radius 2 is 1.91 bits per heavy atom. The van der Waals surface area contributed by atoms with Crippen LogP contribution < -0.4 is 4.65 Å². The topological polar surface area (TPSA) is 78.6 Å². The van der Waals surface area contributed by atoms with Crippen LogP contribution in [0.3, 0.4) is 0 Å². The quantitative estimate of drug-likeness (QED) is 0.370. The molecule has 1 heterocycles. The highest BCUT2D eigenvalue weighted by Gasteiger charge is 2.27. The van der Waals surface area contributed by atoms with Crippen molar-refractivity contribution in [3.05, 3.63) is 75.0 Å². The highest BCUT2D eigenvalue weighted by Crippen LogP contribution is 2.32. The zero-order valence-corrected chi connectivity index (χ0v) is 12.1. The number of non-ortho nitro benzene ring substituents is 1. The molecule has 1 unspecified atom stereocenters. The monoisotopic (exact) mass is 297 g/mol. The summed E-state index contributed by atoms with van der Waals surface area (Å²) in [6.45, 7) is 0.688. The molecule has 22 heavy (non-hydrogen) atoms. The van der Waals surface area contributed by atoms with Gasteiger partial charge in [-0.2, -0.15) is 0 Å². The Balaban J connectivity index is 2.24. The van der Waals surface area contributed by atoms with Crippen molar-refractivity contribution in [1.82, 2.24) is 4.65 Å². The second-order valence-corrected chi connectivity index (χ2v) is 5.38. The second-order valence-electron chi connectivity index (χ2n) is 5.38. The van der Waals surface area contributed by atoms with Crippen molar-refractivity contribution < 1.29 is 4.92 Å². The minimum atomic E-state index is -0.590. The van der Waals surface area contributed by atoms with E-state index in [-0.39, 0.29) is 5.69 Å². The van der Waals surface area contributed by atoms with Crippen molar-refractivity contribution in [2.24, 2.45) is 4.99 Å². The average Bonchev–Trinajstić information content (AvgIpc) is 2.64. The van der Waals surface area contributed by atoms with E-state index in [9.17, 15) is 15.3 Å². The van der Waals surface area contributed by atoms with Crippen LogP contribution in [0.4, 0.5) is 11.4 Å². The molecule has 6 nitrogen and oxygen atoms in total. The fraction of sp³-hybridized carbons (Fsp3) is 0.188. The summed E-state index contributed by atoms with van der Waals surface area (Å²) in [5.74, 6) is 0. The van der Waals surface area contributed by atoms with Gasteiger partial charge in [0.25, 0.3) is 5.69 Å². The Bertz CT molecular complexity index is 754. The summed E-state index contributed by atoms with van der Waals surface area (Å²) in [4.78, 5) is 15.1. The third-order valence-electron chi connectivity index (χ3n) is 3.80. The minimum Gasteiger partial charge on any atom is -0.627 e. The Morgan fingerprint density at radius 1 is 1.18 bits per heavy atom. The largest absolute Gasteiger partial charge is 0.627 e. The molecule has 0 amide bonds. The SMILES string of the molecule is C[N+]1([O-])CCN=C(c2ccccc2)c2cc([N+](=O)[O-])ccc21. The fourth-order valence-electron chi connectivity index (χ4n) is 2.64. The molecule has 2 aromatic rings. The molecular formula is C16H15N3O3. The average molecular weight is 297 g/mol. The van der Waals surface area contributed by atoms with E-state index in [4.69, 9.17) is 0 Å². The first-order valence-corrected chi connectivity index (χ1v) is 6.95. The van der Waals surface area contributed by atoms with Gasteiger partial charge < -0.3 is 9.85 Å². The number of nitro benzene ring substituents is 1. The number of likely N-dealkylation sites (N-methyl/N-ethyl adjacent to an activating group) is 1. The summed E-state index contributed by atoms with van der Waals surface area (Å²) in [5.41, 5.74) is 2.49. The van der Waals surface area contributed by atoms with Crippen molar-refractivity contribution in [2.75, 3.05) is 20.1 Å². The number of rotatable bonds is 2. The summed E-state index contributed by atoms with van der Waals surface area (Å²) in [6, 6.07) is 13.8. The highest BCUT2D eigenvalue weighted by molar-refractivity contribution is 6.16. The number of nitro groups is 1. The van der Waals surface area contributed by atoms with Gasteiger partial charge in [0.2, 0.25) is 0 Å². The van der Waals surface area contributed by atoms with Crippen molar-refractivity contribution in [3.8, 4) is 0 Å². The Hall–Kier alpha value is -2.57. The van der Waals surface area contributed by atoms with E-state index in [1.54, 1.807) is 13.1 Å². The molecule has 0 saturated heterocycles. The van der Waals surface area contributed by atoms with Gasteiger partial charge in [0.15, 0.2) is 0 Å². The summed E-state index contributed by atoms with van der Waals surface area (Å²) in [5, 5.41) is 23.8. The molecule has 0 fully saturated rings. The van der Waals surface area contributed by atoms with E-state index in [0.29, 0.717) is 30.1 Å². The van der Waals surface area contributed by atoms with Crippen LogP contribution in [-0.4, -0.2) is 30.8 Å². The lowest BCUT2D eigenvalue weighted by Gasteiger charge is -2.37. The van der Waals surface area contributed by atoms with E-state index in [1.165, 1.54) is 12.1 Å². The van der Waals surface area contributed by atoms with Crippen LogP contribution in [0.2, 0.25) is 0 Å². The molecular weight excluding hydrogens is 282 g/mol. The molecule has 0 radical (unpaired) electrons. The molecule has 3 rings (SSSR count). The predicted octanol–water partition coefficient (Wildman–Crippen LogP) is 2.88. The molecule has 0 spiro atoms. The summed E-state index contributed by atoms with van der Waals surface area (Å²) < 4.78 is -0.590. The van der Waals surface area contributed by atoms with Gasteiger partial charge in [-0.15, -0.1) is 0 Å². The van der Waals surface area contributed by atoms with E-state index < -0.39 is 9.57 Å².